The molecule has 24 heavy (non-hydrogen) atoms. The fraction of sp³-hybridized carbons (Fsp3) is 0.188. The lowest BCUT2D eigenvalue weighted by Gasteiger charge is -2.05. The lowest BCUT2D eigenvalue weighted by molar-refractivity contribution is -0.385. The number of hydrogen-bond donors (Lipinski definition) is 0. The Labute approximate surface area is 137 Å². The normalized spacial score (nSPS) is 12.4. The van der Waals surface area contributed by atoms with Crippen molar-refractivity contribution in [3.05, 3.63) is 46.0 Å². The predicted octanol–water partition coefficient (Wildman–Crippen LogP) is 3.09. The zero-order valence-electron chi connectivity index (χ0n) is 13.0. The number of aliphatic imine (C=N–C) groups is 1. The highest BCUT2D eigenvalue weighted by Gasteiger charge is 2.22. The first kappa shape index (κ1) is 15.6. The van der Waals surface area contributed by atoms with E-state index in [0.717, 1.165) is 0 Å². The van der Waals surface area contributed by atoms with Gasteiger partial charge < -0.3 is 18.9 Å². The molecule has 1 aliphatic rings. The zero-order chi connectivity index (χ0) is 17.1. The molecule has 0 saturated carbocycles. The zero-order valence-corrected chi connectivity index (χ0v) is 13.0. The molecule has 124 valence electrons. The highest BCUT2D eigenvalue weighted by atomic mass is 16.7. The van der Waals surface area contributed by atoms with Gasteiger partial charge in [-0.25, -0.2) is 0 Å². The molecule has 8 heteroatoms. The summed E-state index contributed by atoms with van der Waals surface area (Å²) in [6, 6.07) is 7.95. The molecule has 0 unspecified atom stereocenters. The van der Waals surface area contributed by atoms with Crippen LogP contribution in [0.4, 0.5) is 11.4 Å². The van der Waals surface area contributed by atoms with Crippen LogP contribution in [0.15, 0.2) is 35.3 Å². The monoisotopic (exact) mass is 330 g/mol. The Balaban J connectivity index is 1.99. The van der Waals surface area contributed by atoms with E-state index in [1.54, 1.807) is 18.2 Å². The largest absolute Gasteiger partial charge is 0.497 e. The van der Waals surface area contributed by atoms with Crippen molar-refractivity contribution in [3.63, 3.8) is 0 Å². The second kappa shape index (κ2) is 6.45. The van der Waals surface area contributed by atoms with E-state index in [1.807, 2.05) is 0 Å². The maximum atomic E-state index is 11.2. The number of benzene rings is 2. The topological polar surface area (TPSA) is 92.4 Å². The number of fused-ring (bicyclic) bond motifs is 1. The third-order valence-corrected chi connectivity index (χ3v) is 3.41. The van der Waals surface area contributed by atoms with Gasteiger partial charge in [0.1, 0.15) is 11.5 Å². The summed E-state index contributed by atoms with van der Waals surface area (Å²) in [7, 11) is 3.07. The molecule has 0 aliphatic carbocycles. The first-order valence-corrected chi connectivity index (χ1v) is 6.96. The first-order valence-electron chi connectivity index (χ1n) is 6.96. The fourth-order valence-corrected chi connectivity index (χ4v) is 2.22. The molecule has 1 aliphatic heterocycles. The number of methoxy groups -OCH3 is 2. The van der Waals surface area contributed by atoms with Crippen molar-refractivity contribution in [1.82, 2.24) is 0 Å². The summed E-state index contributed by atoms with van der Waals surface area (Å²) >= 11 is 0. The molecule has 2 aromatic rings. The number of nitro groups is 1. The van der Waals surface area contributed by atoms with Crippen molar-refractivity contribution in [3.8, 4) is 23.0 Å². The van der Waals surface area contributed by atoms with Crippen LogP contribution in [0.1, 0.15) is 5.56 Å². The van der Waals surface area contributed by atoms with Gasteiger partial charge in [-0.2, -0.15) is 0 Å². The molecule has 1 heterocycles. The highest BCUT2D eigenvalue weighted by molar-refractivity contribution is 5.88. The van der Waals surface area contributed by atoms with Gasteiger partial charge >= 0.3 is 0 Å². The minimum absolute atomic E-state index is 0.0418. The van der Waals surface area contributed by atoms with Crippen LogP contribution in [0.2, 0.25) is 0 Å². The van der Waals surface area contributed by atoms with E-state index in [2.05, 4.69) is 4.99 Å². The second-order valence-corrected chi connectivity index (χ2v) is 4.85. The summed E-state index contributed by atoms with van der Waals surface area (Å²) in [6.45, 7) is 0.0418. The van der Waals surface area contributed by atoms with Gasteiger partial charge in [-0.3, -0.25) is 15.1 Å². The molecule has 8 nitrogen and oxygen atoms in total. The van der Waals surface area contributed by atoms with E-state index in [4.69, 9.17) is 18.9 Å². The van der Waals surface area contributed by atoms with Gasteiger partial charge in [-0.1, -0.05) is 0 Å². The average molecular weight is 330 g/mol. The second-order valence-electron chi connectivity index (χ2n) is 4.85. The van der Waals surface area contributed by atoms with Crippen LogP contribution in [0, 0.1) is 10.1 Å². The smallest absolute Gasteiger partial charge is 0.282 e. The fourth-order valence-electron chi connectivity index (χ4n) is 2.22. The highest BCUT2D eigenvalue weighted by Crippen LogP contribution is 2.37. The molecule has 0 saturated heterocycles. The predicted molar refractivity (Wildman–Crippen MR) is 86.0 cm³/mol. The van der Waals surface area contributed by atoms with E-state index in [9.17, 15) is 10.1 Å². The third-order valence-electron chi connectivity index (χ3n) is 3.41. The van der Waals surface area contributed by atoms with Crippen molar-refractivity contribution in [2.45, 2.75) is 0 Å². The Morgan fingerprint density at radius 1 is 1.08 bits per heavy atom. The number of ether oxygens (including phenoxy) is 4. The van der Waals surface area contributed by atoms with E-state index in [-0.39, 0.29) is 12.5 Å². The summed E-state index contributed by atoms with van der Waals surface area (Å²) < 4.78 is 20.8. The molecule has 0 fully saturated rings. The number of nitro benzene ring substituents is 1. The molecular weight excluding hydrogens is 316 g/mol. The lowest BCUT2D eigenvalue weighted by atomic mass is 10.1. The van der Waals surface area contributed by atoms with Gasteiger partial charge in [0.2, 0.25) is 6.79 Å². The molecule has 3 rings (SSSR count). The summed E-state index contributed by atoms with van der Waals surface area (Å²) in [5.74, 6) is 1.94. The molecule has 0 bridgehead atoms. The van der Waals surface area contributed by atoms with Crippen molar-refractivity contribution >= 4 is 17.6 Å². The van der Waals surface area contributed by atoms with Crippen LogP contribution in [-0.2, 0) is 0 Å². The van der Waals surface area contributed by atoms with Crippen molar-refractivity contribution in [1.29, 1.82) is 0 Å². The quantitative estimate of drug-likeness (QED) is 0.475. The van der Waals surface area contributed by atoms with E-state index in [0.29, 0.717) is 34.2 Å². The van der Waals surface area contributed by atoms with Gasteiger partial charge in [0, 0.05) is 24.4 Å². The van der Waals surface area contributed by atoms with Crippen LogP contribution in [-0.4, -0.2) is 32.2 Å². The van der Waals surface area contributed by atoms with Crippen molar-refractivity contribution < 1.29 is 23.9 Å². The van der Waals surface area contributed by atoms with Gasteiger partial charge in [-0.05, 0) is 6.07 Å². The van der Waals surface area contributed by atoms with Crippen molar-refractivity contribution in [2.75, 3.05) is 21.0 Å². The Kier molecular flexibility index (Phi) is 4.19. The lowest BCUT2D eigenvalue weighted by Crippen LogP contribution is -1.95. The van der Waals surface area contributed by atoms with E-state index >= 15 is 0 Å². The Morgan fingerprint density at radius 2 is 1.71 bits per heavy atom. The Hall–Kier alpha value is -3.29. The maximum absolute atomic E-state index is 11.2. The average Bonchev–Trinajstić information content (AvgIpc) is 3.05. The summed E-state index contributed by atoms with van der Waals surface area (Å²) in [5.41, 5.74) is 0.738. The minimum atomic E-state index is -0.491. The molecule has 0 N–H and O–H groups in total. The van der Waals surface area contributed by atoms with E-state index < -0.39 is 4.92 Å². The number of hydrogen-bond acceptors (Lipinski definition) is 7. The molecule has 0 amide bonds. The van der Waals surface area contributed by atoms with Crippen molar-refractivity contribution in [2.24, 2.45) is 4.99 Å². The summed E-state index contributed by atoms with van der Waals surface area (Å²) in [6.07, 6.45) is 1.40. The minimum Gasteiger partial charge on any atom is -0.497 e. The van der Waals surface area contributed by atoms with Gasteiger partial charge in [0.05, 0.1) is 36.5 Å². The van der Waals surface area contributed by atoms with Gasteiger partial charge in [0.25, 0.3) is 5.69 Å². The van der Waals surface area contributed by atoms with Crippen LogP contribution in [0.3, 0.4) is 0 Å². The SMILES string of the molecule is COc1cc(N=Cc2cc3c(cc2[N+](=O)[O-])OCO3)cc(OC)c1. The molecular formula is C16H14N2O6. The molecule has 0 radical (unpaired) electrons. The van der Waals surface area contributed by atoms with E-state index in [1.165, 1.54) is 32.6 Å². The molecule has 0 spiro atoms. The summed E-state index contributed by atoms with van der Waals surface area (Å²) in [5, 5.41) is 11.2. The molecule has 0 aromatic heterocycles. The Morgan fingerprint density at radius 3 is 2.29 bits per heavy atom. The van der Waals surface area contributed by atoms with Crippen LogP contribution < -0.4 is 18.9 Å². The standard InChI is InChI=1S/C16H14N2O6/c1-21-12-4-11(5-13(6-12)22-2)17-8-10-3-15-16(24-9-23-15)7-14(10)18(19)20/h3-8H,9H2,1-2H3. The van der Waals surface area contributed by atoms with Crippen LogP contribution in [0.5, 0.6) is 23.0 Å². The van der Waals surface area contributed by atoms with Crippen LogP contribution in [0.25, 0.3) is 0 Å². The number of rotatable bonds is 5. The summed E-state index contributed by atoms with van der Waals surface area (Å²) in [4.78, 5) is 15.0. The van der Waals surface area contributed by atoms with Gasteiger partial charge in [-0.15, -0.1) is 0 Å². The van der Waals surface area contributed by atoms with Gasteiger partial charge in [0.15, 0.2) is 11.5 Å². The molecule has 0 atom stereocenters. The number of nitrogens with zero attached hydrogens (tertiary/aromatic N) is 2. The Bertz CT molecular complexity index is 796. The van der Waals surface area contributed by atoms with Crippen LogP contribution >= 0.6 is 0 Å². The first-order chi connectivity index (χ1) is 11.6. The maximum Gasteiger partial charge on any atom is 0.282 e. The molecule has 2 aromatic carbocycles. The third kappa shape index (κ3) is 3.07.